The number of carbonyl (C=O) groups is 1. The van der Waals surface area contributed by atoms with Crippen LogP contribution in [0.3, 0.4) is 0 Å². The van der Waals surface area contributed by atoms with Gasteiger partial charge in [0.25, 0.3) is 0 Å². The first-order valence-electron chi connectivity index (χ1n) is 8.97. The van der Waals surface area contributed by atoms with Crippen LogP contribution in [-0.2, 0) is 11.4 Å². The van der Waals surface area contributed by atoms with Crippen molar-refractivity contribution in [2.75, 3.05) is 0 Å². The average molecular weight is 356 g/mol. The highest BCUT2D eigenvalue weighted by molar-refractivity contribution is 5.86. The maximum absolute atomic E-state index is 11.2. The quantitative estimate of drug-likeness (QED) is 0.494. The Labute approximate surface area is 157 Å². The molecule has 0 saturated heterocycles. The molecule has 3 nitrogen and oxygen atoms in total. The Kier molecular flexibility index (Phi) is 4.51. The summed E-state index contributed by atoms with van der Waals surface area (Å²) in [7, 11) is 0. The van der Waals surface area contributed by atoms with Crippen LogP contribution in [0.4, 0.5) is 0 Å². The molecule has 0 bridgehead atoms. The van der Waals surface area contributed by atoms with Gasteiger partial charge in [-0.15, -0.1) is 0 Å². The molecule has 1 N–H and O–H groups in total. The Morgan fingerprint density at radius 2 is 1.52 bits per heavy atom. The molecule has 0 radical (unpaired) electrons. The summed E-state index contributed by atoms with van der Waals surface area (Å²) in [5.74, 6) is -0.530. The van der Waals surface area contributed by atoms with Gasteiger partial charge in [-0.3, -0.25) is 4.79 Å². The van der Waals surface area contributed by atoms with Crippen LogP contribution < -0.4 is 4.74 Å². The summed E-state index contributed by atoms with van der Waals surface area (Å²) in [6.07, 6.45) is 0. The van der Waals surface area contributed by atoms with E-state index in [0.717, 1.165) is 27.6 Å². The standard InChI is InChI=1S/C24H20O3/c1-16(24(25)26)19-8-9-22-14-23(11-10-21(22)13-19)27-15-17-6-7-18-4-2-3-5-20(18)12-17/h2-14,16H,15H2,1H3,(H,25,26). The molecule has 0 aromatic heterocycles. The van der Waals surface area contributed by atoms with Gasteiger partial charge in [-0.1, -0.05) is 60.7 Å². The molecule has 0 aliphatic rings. The van der Waals surface area contributed by atoms with E-state index in [1.165, 1.54) is 10.8 Å². The largest absolute Gasteiger partial charge is 0.489 e. The molecule has 0 aliphatic heterocycles. The van der Waals surface area contributed by atoms with Gasteiger partial charge in [0.1, 0.15) is 12.4 Å². The Bertz CT molecular complexity index is 1130. The van der Waals surface area contributed by atoms with Gasteiger partial charge < -0.3 is 9.84 Å². The highest BCUT2D eigenvalue weighted by atomic mass is 16.5. The van der Waals surface area contributed by atoms with E-state index >= 15 is 0 Å². The van der Waals surface area contributed by atoms with Gasteiger partial charge in [-0.25, -0.2) is 0 Å². The van der Waals surface area contributed by atoms with E-state index in [-0.39, 0.29) is 0 Å². The second-order valence-electron chi connectivity index (χ2n) is 6.80. The van der Waals surface area contributed by atoms with Crippen LogP contribution in [0, 0.1) is 0 Å². The van der Waals surface area contributed by atoms with Crippen molar-refractivity contribution < 1.29 is 14.6 Å². The van der Waals surface area contributed by atoms with E-state index in [1.807, 2.05) is 48.5 Å². The lowest BCUT2D eigenvalue weighted by atomic mass is 9.98. The fourth-order valence-electron chi connectivity index (χ4n) is 3.24. The molecule has 4 rings (SSSR count). The third kappa shape index (κ3) is 3.63. The third-order valence-corrected chi connectivity index (χ3v) is 4.93. The maximum Gasteiger partial charge on any atom is 0.310 e. The Balaban J connectivity index is 1.53. The summed E-state index contributed by atoms with van der Waals surface area (Å²) in [5, 5.41) is 13.6. The lowest BCUT2D eigenvalue weighted by Crippen LogP contribution is -2.07. The van der Waals surface area contributed by atoms with E-state index in [4.69, 9.17) is 4.74 Å². The van der Waals surface area contributed by atoms with Crippen LogP contribution in [0.5, 0.6) is 5.75 Å². The van der Waals surface area contributed by atoms with Crippen LogP contribution in [0.1, 0.15) is 24.0 Å². The van der Waals surface area contributed by atoms with E-state index in [2.05, 4.69) is 30.3 Å². The number of benzene rings is 4. The minimum Gasteiger partial charge on any atom is -0.489 e. The van der Waals surface area contributed by atoms with Crippen molar-refractivity contribution in [3.8, 4) is 5.75 Å². The molecule has 0 heterocycles. The summed E-state index contributed by atoms with van der Waals surface area (Å²) < 4.78 is 5.97. The molecule has 0 aliphatic carbocycles. The van der Waals surface area contributed by atoms with Gasteiger partial charge in [0, 0.05) is 0 Å². The van der Waals surface area contributed by atoms with Gasteiger partial charge in [0.15, 0.2) is 0 Å². The fraction of sp³-hybridized carbons (Fsp3) is 0.125. The second-order valence-corrected chi connectivity index (χ2v) is 6.80. The van der Waals surface area contributed by atoms with Crippen LogP contribution in [0.25, 0.3) is 21.5 Å². The van der Waals surface area contributed by atoms with Crippen LogP contribution in [-0.4, -0.2) is 11.1 Å². The number of fused-ring (bicyclic) bond motifs is 2. The second kappa shape index (κ2) is 7.12. The topological polar surface area (TPSA) is 46.5 Å². The summed E-state index contributed by atoms with van der Waals surface area (Å²) in [6, 6.07) is 26.3. The number of hydrogen-bond acceptors (Lipinski definition) is 2. The fourth-order valence-corrected chi connectivity index (χ4v) is 3.24. The molecule has 134 valence electrons. The molecule has 0 fully saturated rings. The summed E-state index contributed by atoms with van der Waals surface area (Å²) >= 11 is 0. The summed E-state index contributed by atoms with van der Waals surface area (Å²) in [6.45, 7) is 2.20. The molecule has 1 unspecified atom stereocenters. The molecule has 3 heteroatoms. The van der Waals surface area contributed by atoms with Crippen molar-refractivity contribution in [2.45, 2.75) is 19.4 Å². The number of carboxylic acid groups (broad SMARTS) is 1. The zero-order valence-electron chi connectivity index (χ0n) is 15.1. The first-order chi connectivity index (χ1) is 13.1. The third-order valence-electron chi connectivity index (χ3n) is 4.93. The minimum atomic E-state index is -0.815. The van der Waals surface area contributed by atoms with E-state index in [1.54, 1.807) is 6.92 Å². The predicted molar refractivity (Wildman–Crippen MR) is 108 cm³/mol. The van der Waals surface area contributed by atoms with Crippen molar-refractivity contribution in [2.24, 2.45) is 0 Å². The maximum atomic E-state index is 11.2. The zero-order valence-corrected chi connectivity index (χ0v) is 15.1. The Morgan fingerprint density at radius 3 is 2.33 bits per heavy atom. The van der Waals surface area contributed by atoms with Gasteiger partial charge in [0.05, 0.1) is 5.92 Å². The number of hydrogen-bond donors (Lipinski definition) is 1. The van der Waals surface area contributed by atoms with Crippen molar-refractivity contribution in [1.82, 2.24) is 0 Å². The molecule has 4 aromatic rings. The molecular formula is C24H20O3. The zero-order chi connectivity index (χ0) is 18.8. The first kappa shape index (κ1) is 17.1. The number of carboxylic acids is 1. The normalized spacial score (nSPS) is 12.2. The number of rotatable bonds is 5. The highest BCUT2D eigenvalue weighted by Gasteiger charge is 2.13. The van der Waals surface area contributed by atoms with E-state index < -0.39 is 11.9 Å². The number of aliphatic carboxylic acids is 1. The van der Waals surface area contributed by atoms with Crippen molar-refractivity contribution in [3.05, 3.63) is 90.0 Å². The Hall–Kier alpha value is -3.33. The molecule has 0 amide bonds. The van der Waals surface area contributed by atoms with Crippen molar-refractivity contribution >= 4 is 27.5 Å². The van der Waals surface area contributed by atoms with Gasteiger partial charge in [-0.2, -0.15) is 0 Å². The molecule has 27 heavy (non-hydrogen) atoms. The van der Waals surface area contributed by atoms with E-state index in [9.17, 15) is 9.90 Å². The molecule has 0 spiro atoms. The smallest absolute Gasteiger partial charge is 0.310 e. The lowest BCUT2D eigenvalue weighted by Gasteiger charge is -2.10. The highest BCUT2D eigenvalue weighted by Crippen LogP contribution is 2.26. The van der Waals surface area contributed by atoms with E-state index in [0.29, 0.717) is 6.61 Å². The molecule has 0 saturated carbocycles. The average Bonchev–Trinajstić information content (AvgIpc) is 2.71. The molecular weight excluding hydrogens is 336 g/mol. The molecule has 4 aromatic carbocycles. The molecule has 1 atom stereocenters. The SMILES string of the molecule is CC(C(=O)O)c1ccc2cc(OCc3ccc4ccccc4c3)ccc2c1. The van der Waals surface area contributed by atoms with Crippen LogP contribution in [0.2, 0.25) is 0 Å². The van der Waals surface area contributed by atoms with Gasteiger partial charge in [-0.05, 0) is 57.8 Å². The van der Waals surface area contributed by atoms with Crippen molar-refractivity contribution in [3.63, 3.8) is 0 Å². The number of ether oxygens (including phenoxy) is 1. The summed E-state index contributed by atoms with van der Waals surface area (Å²) in [5.41, 5.74) is 1.93. The van der Waals surface area contributed by atoms with Gasteiger partial charge in [0.2, 0.25) is 0 Å². The predicted octanol–water partition coefficient (Wildman–Crippen LogP) is 5.76. The Morgan fingerprint density at radius 1 is 0.852 bits per heavy atom. The van der Waals surface area contributed by atoms with Crippen molar-refractivity contribution in [1.29, 1.82) is 0 Å². The lowest BCUT2D eigenvalue weighted by molar-refractivity contribution is -0.138. The first-order valence-corrected chi connectivity index (χ1v) is 8.97. The van der Waals surface area contributed by atoms with Gasteiger partial charge >= 0.3 is 5.97 Å². The monoisotopic (exact) mass is 356 g/mol. The van der Waals surface area contributed by atoms with Crippen LogP contribution in [0.15, 0.2) is 78.9 Å². The van der Waals surface area contributed by atoms with Crippen LogP contribution >= 0.6 is 0 Å². The summed E-state index contributed by atoms with van der Waals surface area (Å²) in [4.78, 5) is 11.2. The minimum absolute atomic E-state index is 0.504.